The van der Waals surface area contributed by atoms with Crippen molar-refractivity contribution in [1.82, 2.24) is 0 Å². The quantitative estimate of drug-likeness (QED) is 0.345. The Bertz CT molecular complexity index is 166. The van der Waals surface area contributed by atoms with Crippen LogP contribution in [-0.4, -0.2) is 24.3 Å². The van der Waals surface area contributed by atoms with Crippen molar-refractivity contribution in [3.8, 4) is 0 Å². The average Bonchev–Trinajstić information content (AvgIpc) is 2.24. The SMILES string of the molecule is C=CCCCCOC(=O)CCCCCO. The van der Waals surface area contributed by atoms with Crippen LogP contribution in [0.3, 0.4) is 0 Å². The van der Waals surface area contributed by atoms with Crippen LogP contribution in [-0.2, 0) is 9.53 Å². The highest BCUT2D eigenvalue weighted by molar-refractivity contribution is 5.69. The summed E-state index contributed by atoms with van der Waals surface area (Å²) in [4.78, 5) is 11.1. The lowest BCUT2D eigenvalue weighted by atomic mass is 10.2. The smallest absolute Gasteiger partial charge is 0.305 e. The van der Waals surface area contributed by atoms with E-state index in [9.17, 15) is 4.79 Å². The van der Waals surface area contributed by atoms with E-state index in [-0.39, 0.29) is 12.6 Å². The molecule has 0 spiro atoms. The first-order chi connectivity index (χ1) is 7.31. The molecular weight excluding hydrogens is 192 g/mol. The second kappa shape index (κ2) is 11.2. The van der Waals surface area contributed by atoms with Crippen LogP contribution in [0.2, 0.25) is 0 Å². The Hall–Kier alpha value is -0.830. The zero-order valence-corrected chi connectivity index (χ0v) is 9.41. The van der Waals surface area contributed by atoms with E-state index in [1.54, 1.807) is 0 Å². The Morgan fingerprint density at radius 1 is 1.20 bits per heavy atom. The van der Waals surface area contributed by atoms with Crippen molar-refractivity contribution in [3.63, 3.8) is 0 Å². The summed E-state index contributed by atoms with van der Waals surface area (Å²) in [6, 6.07) is 0. The number of ether oxygens (including phenoxy) is 1. The summed E-state index contributed by atoms with van der Waals surface area (Å²) in [6.07, 6.45) is 7.74. The summed E-state index contributed by atoms with van der Waals surface area (Å²) >= 11 is 0. The largest absolute Gasteiger partial charge is 0.466 e. The second-order valence-electron chi connectivity index (χ2n) is 3.54. The zero-order chi connectivity index (χ0) is 11.4. The molecular formula is C12H22O3. The molecule has 0 aromatic rings. The summed E-state index contributed by atoms with van der Waals surface area (Å²) in [5.41, 5.74) is 0. The van der Waals surface area contributed by atoms with E-state index in [1.807, 2.05) is 6.08 Å². The van der Waals surface area contributed by atoms with Crippen molar-refractivity contribution < 1.29 is 14.6 Å². The fourth-order valence-corrected chi connectivity index (χ4v) is 1.21. The minimum absolute atomic E-state index is 0.119. The van der Waals surface area contributed by atoms with Gasteiger partial charge in [-0.15, -0.1) is 6.58 Å². The first kappa shape index (κ1) is 14.2. The van der Waals surface area contributed by atoms with E-state index in [1.165, 1.54) is 0 Å². The molecule has 3 heteroatoms. The summed E-state index contributed by atoms with van der Waals surface area (Å²) in [7, 11) is 0. The molecule has 0 radical (unpaired) electrons. The van der Waals surface area contributed by atoms with E-state index < -0.39 is 0 Å². The molecule has 0 bridgehead atoms. The highest BCUT2D eigenvalue weighted by atomic mass is 16.5. The summed E-state index contributed by atoms with van der Waals surface area (Å²) in [5.74, 6) is -0.119. The number of aliphatic hydroxyl groups excluding tert-OH is 1. The van der Waals surface area contributed by atoms with Gasteiger partial charge >= 0.3 is 5.97 Å². The van der Waals surface area contributed by atoms with Gasteiger partial charge in [0.1, 0.15) is 0 Å². The normalized spacial score (nSPS) is 9.93. The minimum atomic E-state index is -0.119. The van der Waals surface area contributed by atoms with E-state index in [0.717, 1.165) is 38.5 Å². The van der Waals surface area contributed by atoms with E-state index in [0.29, 0.717) is 13.0 Å². The maximum Gasteiger partial charge on any atom is 0.305 e. The lowest BCUT2D eigenvalue weighted by Gasteiger charge is -2.03. The Labute approximate surface area is 92.1 Å². The van der Waals surface area contributed by atoms with Crippen molar-refractivity contribution in [3.05, 3.63) is 12.7 Å². The van der Waals surface area contributed by atoms with Crippen LogP contribution < -0.4 is 0 Å². The number of rotatable bonds is 10. The molecule has 0 rings (SSSR count). The molecule has 0 amide bonds. The van der Waals surface area contributed by atoms with E-state index >= 15 is 0 Å². The number of hydrogen-bond acceptors (Lipinski definition) is 3. The predicted molar refractivity (Wildman–Crippen MR) is 60.6 cm³/mol. The standard InChI is InChI=1S/C12H22O3/c1-2-3-4-8-11-15-12(14)9-6-5-7-10-13/h2,13H,1,3-11H2. The molecule has 0 aliphatic rings. The minimum Gasteiger partial charge on any atom is -0.466 e. The topological polar surface area (TPSA) is 46.5 Å². The third kappa shape index (κ3) is 11.1. The molecule has 0 fully saturated rings. The molecule has 0 atom stereocenters. The highest BCUT2D eigenvalue weighted by Gasteiger charge is 2.01. The highest BCUT2D eigenvalue weighted by Crippen LogP contribution is 2.02. The molecule has 3 nitrogen and oxygen atoms in total. The third-order valence-corrected chi connectivity index (χ3v) is 2.10. The van der Waals surface area contributed by atoms with Gasteiger partial charge in [0.2, 0.25) is 0 Å². The number of aliphatic hydroxyl groups is 1. The van der Waals surface area contributed by atoms with Crippen molar-refractivity contribution >= 4 is 5.97 Å². The number of carbonyl (C=O) groups is 1. The molecule has 0 saturated heterocycles. The Morgan fingerprint density at radius 3 is 2.67 bits per heavy atom. The van der Waals surface area contributed by atoms with E-state index in [2.05, 4.69) is 6.58 Å². The maximum atomic E-state index is 11.1. The monoisotopic (exact) mass is 214 g/mol. The van der Waals surface area contributed by atoms with Crippen molar-refractivity contribution in [2.45, 2.75) is 44.9 Å². The van der Waals surface area contributed by atoms with Crippen LogP contribution in [0.15, 0.2) is 12.7 Å². The van der Waals surface area contributed by atoms with Gasteiger partial charge in [-0.25, -0.2) is 0 Å². The van der Waals surface area contributed by atoms with Gasteiger partial charge in [-0.05, 0) is 32.1 Å². The van der Waals surface area contributed by atoms with Gasteiger partial charge in [0, 0.05) is 13.0 Å². The molecule has 0 aliphatic heterocycles. The van der Waals surface area contributed by atoms with Crippen LogP contribution in [0, 0.1) is 0 Å². The van der Waals surface area contributed by atoms with Gasteiger partial charge in [0.15, 0.2) is 0 Å². The fraction of sp³-hybridized carbons (Fsp3) is 0.750. The molecule has 0 aromatic carbocycles. The summed E-state index contributed by atoms with van der Waals surface area (Å²) in [6.45, 7) is 4.35. The summed E-state index contributed by atoms with van der Waals surface area (Å²) < 4.78 is 5.03. The lowest BCUT2D eigenvalue weighted by Crippen LogP contribution is -2.05. The molecule has 0 aromatic heterocycles. The predicted octanol–water partition coefficient (Wildman–Crippen LogP) is 2.44. The summed E-state index contributed by atoms with van der Waals surface area (Å²) in [5, 5.41) is 8.53. The van der Waals surface area contributed by atoms with Crippen LogP contribution in [0.5, 0.6) is 0 Å². The van der Waals surface area contributed by atoms with Crippen molar-refractivity contribution in [1.29, 1.82) is 0 Å². The molecule has 0 heterocycles. The second-order valence-corrected chi connectivity index (χ2v) is 3.54. The number of allylic oxidation sites excluding steroid dienone is 1. The molecule has 88 valence electrons. The van der Waals surface area contributed by atoms with Gasteiger partial charge < -0.3 is 9.84 Å². The van der Waals surface area contributed by atoms with Gasteiger partial charge in [-0.3, -0.25) is 4.79 Å². The van der Waals surface area contributed by atoms with Crippen LogP contribution >= 0.6 is 0 Å². The zero-order valence-electron chi connectivity index (χ0n) is 9.41. The van der Waals surface area contributed by atoms with Gasteiger partial charge in [-0.1, -0.05) is 12.5 Å². The fourth-order valence-electron chi connectivity index (χ4n) is 1.21. The number of unbranched alkanes of at least 4 members (excludes halogenated alkanes) is 4. The molecule has 0 saturated carbocycles. The lowest BCUT2D eigenvalue weighted by molar-refractivity contribution is -0.143. The number of carbonyl (C=O) groups excluding carboxylic acids is 1. The van der Waals surface area contributed by atoms with Crippen molar-refractivity contribution in [2.24, 2.45) is 0 Å². The Balaban J connectivity index is 3.15. The molecule has 1 N–H and O–H groups in total. The van der Waals surface area contributed by atoms with Crippen LogP contribution in [0.1, 0.15) is 44.9 Å². The van der Waals surface area contributed by atoms with Gasteiger partial charge in [-0.2, -0.15) is 0 Å². The van der Waals surface area contributed by atoms with Gasteiger partial charge in [0.25, 0.3) is 0 Å². The van der Waals surface area contributed by atoms with Crippen molar-refractivity contribution in [2.75, 3.05) is 13.2 Å². The van der Waals surface area contributed by atoms with Crippen LogP contribution in [0.4, 0.5) is 0 Å². The maximum absolute atomic E-state index is 11.1. The average molecular weight is 214 g/mol. The third-order valence-electron chi connectivity index (χ3n) is 2.10. The molecule has 0 unspecified atom stereocenters. The Kier molecular flexibility index (Phi) is 10.6. The molecule has 0 aliphatic carbocycles. The van der Waals surface area contributed by atoms with E-state index in [4.69, 9.17) is 9.84 Å². The number of esters is 1. The van der Waals surface area contributed by atoms with Crippen LogP contribution in [0.25, 0.3) is 0 Å². The van der Waals surface area contributed by atoms with Gasteiger partial charge in [0.05, 0.1) is 6.61 Å². The molecule has 15 heavy (non-hydrogen) atoms. The number of hydrogen-bond donors (Lipinski definition) is 1. The first-order valence-corrected chi connectivity index (χ1v) is 5.68. The first-order valence-electron chi connectivity index (χ1n) is 5.68. The Morgan fingerprint density at radius 2 is 2.00 bits per heavy atom.